The highest BCUT2D eigenvalue weighted by Gasteiger charge is 2.19. The second kappa shape index (κ2) is 9.52. The molecule has 2 aliphatic heterocycles. The van der Waals surface area contributed by atoms with Crippen LogP contribution in [0.15, 0.2) is 23.2 Å². The molecule has 0 radical (unpaired) electrons. The Kier molecular flexibility index (Phi) is 6.82. The molecule has 0 aromatic heterocycles. The zero-order valence-electron chi connectivity index (χ0n) is 15.8. The number of hydrogen-bond acceptors (Lipinski definition) is 5. The maximum absolute atomic E-state index is 5.77. The molecule has 7 heteroatoms. The van der Waals surface area contributed by atoms with E-state index in [-0.39, 0.29) is 6.79 Å². The van der Waals surface area contributed by atoms with Crippen LogP contribution in [0.5, 0.6) is 17.2 Å². The number of hydrogen-bond donors (Lipinski definition) is 2. The molecular weight excluding hydrogens is 332 g/mol. The van der Waals surface area contributed by atoms with E-state index in [0.717, 1.165) is 49.1 Å². The van der Waals surface area contributed by atoms with Crippen molar-refractivity contribution in [2.75, 3.05) is 46.6 Å². The minimum atomic E-state index is 0.277. The van der Waals surface area contributed by atoms with Crippen LogP contribution in [0, 0.1) is 0 Å². The van der Waals surface area contributed by atoms with Gasteiger partial charge < -0.3 is 29.7 Å². The highest BCUT2D eigenvalue weighted by atomic mass is 16.7. The van der Waals surface area contributed by atoms with E-state index in [2.05, 4.69) is 27.4 Å². The van der Waals surface area contributed by atoms with Crippen molar-refractivity contribution in [2.24, 2.45) is 4.99 Å². The van der Waals surface area contributed by atoms with Gasteiger partial charge in [-0.3, -0.25) is 4.99 Å². The fourth-order valence-electron chi connectivity index (χ4n) is 3.31. The Morgan fingerprint density at radius 1 is 1.27 bits per heavy atom. The van der Waals surface area contributed by atoms with Crippen LogP contribution in [0.25, 0.3) is 0 Å². The molecule has 0 aliphatic carbocycles. The van der Waals surface area contributed by atoms with Crippen LogP contribution < -0.4 is 24.8 Å². The number of aliphatic imine (C=N–C) groups is 1. The first kappa shape index (κ1) is 18.6. The molecule has 1 saturated heterocycles. The molecule has 0 bridgehead atoms. The summed E-state index contributed by atoms with van der Waals surface area (Å²) in [6, 6.07) is 6.12. The number of rotatable bonds is 7. The minimum absolute atomic E-state index is 0.277. The van der Waals surface area contributed by atoms with Gasteiger partial charge in [0.15, 0.2) is 17.5 Å². The molecule has 26 heavy (non-hydrogen) atoms. The third kappa shape index (κ3) is 5.17. The Labute approximate surface area is 155 Å². The lowest BCUT2D eigenvalue weighted by atomic mass is 10.1. The molecule has 7 nitrogen and oxygen atoms in total. The van der Waals surface area contributed by atoms with Gasteiger partial charge in [-0.05, 0) is 37.9 Å². The molecule has 1 aromatic rings. The Balaban J connectivity index is 1.34. The second-order valence-electron chi connectivity index (χ2n) is 6.62. The number of nitrogens with zero attached hydrogens (tertiary/aromatic N) is 2. The average Bonchev–Trinajstić information content (AvgIpc) is 3.13. The van der Waals surface area contributed by atoms with Crippen LogP contribution in [-0.4, -0.2) is 63.5 Å². The van der Waals surface area contributed by atoms with Crippen molar-refractivity contribution in [2.45, 2.75) is 32.2 Å². The van der Waals surface area contributed by atoms with E-state index in [1.165, 1.54) is 13.0 Å². The first-order valence-electron chi connectivity index (χ1n) is 9.50. The molecule has 1 fully saturated rings. The molecule has 144 valence electrons. The van der Waals surface area contributed by atoms with Gasteiger partial charge in [0.2, 0.25) is 6.79 Å². The highest BCUT2D eigenvalue weighted by Crippen LogP contribution is 2.34. The molecule has 0 atom stereocenters. The Hall–Kier alpha value is -2.15. The van der Waals surface area contributed by atoms with Gasteiger partial charge in [0.05, 0.1) is 6.54 Å². The Bertz CT molecular complexity index is 600. The number of benzene rings is 1. The predicted octanol–water partition coefficient (Wildman–Crippen LogP) is 1.83. The summed E-state index contributed by atoms with van der Waals surface area (Å²) < 4.78 is 16.4. The smallest absolute Gasteiger partial charge is 0.231 e. The number of likely N-dealkylation sites (tertiary alicyclic amines) is 1. The van der Waals surface area contributed by atoms with Gasteiger partial charge in [-0.15, -0.1) is 0 Å². The first-order valence-corrected chi connectivity index (χ1v) is 9.50. The largest absolute Gasteiger partial charge is 0.492 e. The van der Waals surface area contributed by atoms with Crippen LogP contribution in [0.2, 0.25) is 0 Å². The van der Waals surface area contributed by atoms with Crippen LogP contribution in [0.3, 0.4) is 0 Å². The molecule has 0 spiro atoms. The maximum atomic E-state index is 5.77. The summed E-state index contributed by atoms with van der Waals surface area (Å²) in [5.41, 5.74) is 0. The van der Waals surface area contributed by atoms with E-state index < -0.39 is 0 Å². The number of ether oxygens (including phenoxy) is 3. The molecule has 0 amide bonds. The van der Waals surface area contributed by atoms with Gasteiger partial charge in [-0.1, -0.05) is 6.92 Å². The molecule has 3 rings (SSSR count). The third-order valence-corrected chi connectivity index (χ3v) is 4.70. The average molecular weight is 362 g/mol. The van der Waals surface area contributed by atoms with E-state index in [9.17, 15) is 0 Å². The number of piperidine rings is 1. The monoisotopic (exact) mass is 362 g/mol. The van der Waals surface area contributed by atoms with Crippen molar-refractivity contribution < 1.29 is 14.2 Å². The number of fused-ring (bicyclic) bond motifs is 1. The standard InChI is InChI=1S/C19H30N4O3/c1-3-9-23-10-6-15(7-11-23)22-19(20-2)21-8-12-24-16-4-5-17-18(13-16)26-14-25-17/h4-5,13,15H,3,6-12,14H2,1-2H3,(H2,20,21,22). The van der Waals surface area contributed by atoms with Crippen LogP contribution in [0.1, 0.15) is 26.2 Å². The SMILES string of the molecule is CCCN1CCC(NC(=NC)NCCOc2ccc3c(c2)OCO3)CC1. The third-order valence-electron chi connectivity index (χ3n) is 4.70. The Morgan fingerprint density at radius 3 is 2.85 bits per heavy atom. The van der Waals surface area contributed by atoms with Crippen molar-refractivity contribution >= 4 is 5.96 Å². The minimum Gasteiger partial charge on any atom is -0.492 e. The quantitative estimate of drug-likeness (QED) is 0.438. The molecule has 2 aliphatic rings. The van der Waals surface area contributed by atoms with Crippen LogP contribution >= 0.6 is 0 Å². The van der Waals surface area contributed by atoms with E-state index in [1.54, 1.807) is 7.05 Å². The second-order valence-corrected chi connectivity index (χ2v) is 6.62. The summed E-state index contributed by atoms with van der Waals surface area (Å²) in [5.74, 6) is 3.13. The van der Waals surface area contributed by atoms with Crippen molar-refractivity contribution in [3.63, 3.8) is 0 Å². The summed E-state index contributed by atoms with van der Waals surface area (Å²) in [6.07, 6.45) is 3.55. The summed E-state index contributed by atoms with van der Waals surface area (Å²) in [5, 5.41) is 6.84. The van der Waals surface area contributed by atoms with Crippen molar-refractivity contribution in [1.29, 1.82) is 0 Å². The van der Waals surface area contributed by atoms with E-state index in [0.29, 0.717) is 19.2 Å². The van der Waals surface area contributed by atoms with E-state index in [1.807, 2.05) is 18.2 Å². The lowest BCUT2D eigenvalue weighted by Crippen LogP contribution is -2.49. The van der Waals surface area contributed by atoms with Crippen molar-refractivity contribution in [3.05, 3.63) is 18.2 Å². The van der Waals surface area contributed by atoms with Crippen molar-refractivity contribution in [1.82, 2.24) is 15.5 Å². The van der Waals surface area contributed by atoms with Gasteiger partial charge in [-0.25, -0.2) is 0 Å². The van der Waals surface area contributed by atoms with Gasteiger partial charge in [0.1, 0.15) is 12.4 Å². The fourth-order valence-corrected chi connectivity index (χ4v) is 3.31. The Morgan fingerprint density at radius 2 is 2.08 bits per heavy atom. The molecule has 2 heterocycles. The van der Waals surface area contributed by atoms with Gasteiger partial charge in [0.25, 0.3) is 0 Å². The molecular formula is C19H30N4O3. The number of guanidine groups is 1. The number of nitrogens with one attached hydrogen (secondary N) is 2. The fraction of sp³-hybridized carbons (Fsp3) is 0.632. The molecule has 0 saturated carbocycles. The van der Waals surface area contributed by atoms with Gasteiger partial charge in [-0.2, -0.15) is 0 Å². The summed E-state index contributed by atoms with van der Waals surface area (Å²) in [6.45, 7) is 7.28. The zero-order chi connectivity index (χ0) is 18.2. The summed E-state index contributed by atoms with van der Waals surface area (Å²) in [4.78, 5) is 6.85. The predicted molar refractivity (Wildman–Crippen MR) is 102 cm³/mol. The van der Waals surface area contributed by atoms with E-state index in [4.69, 9.17) is 14.2 Å². The van der Waals surface area contributed by atoms with E-state index >= 15 is 0 Å². The topological polar surface area (TPSA) is 67.4 Å². The lowest BCUT2D eigenvalue weighted by Gasteiger charge is -2.32. The lowest BCUT2D eigenvalue weighted by molar-refractivity contribution is 0.173. The normalized spacial score (nSPS) is 18.0. The van der Waals surface area contributed by atoms with Crippen LogP contribution in [-0.2, 0) is 0 Å². The zero-order valence-corrected chi connectivity index (χ0v) is 15.8. The maximum Gasteiger partial charge on any atom is 0.231 e. The summed E-state index contributed by atoms with van der Waals surface area (Å²) >= 11 is 0. The van der Waals surface area contributed by atoms with Gasteiger partial charge >= 0.3 is 0 Å². The molecule has 0 unspecified atom stereocenters. The summed E-state index contributed by atoms with van der Waals surface area (Å²) in [7, 11) is 1.81. The van der Waals surface area contributed by atoms with Gasteiger partial charge in [0, 0.05) is 32.2 Å². The first-order chi connectivity index (χ1) is 12.8. The van der Waals surface area contributed by atoms with Crippen LogP contribution in [0.4, 0.5) is 0 Å². The molecule has 1 aromatic carbocycles. The molecule has 2 N–H and O–H groups in total. The highest BCUT2D eigenvalue weighted by molar-refractivity contribution is 5.79. The van der Waals surface area contributed by atoms with Crippen molar-refractivity contribution in [3.8, 4) is 17.2 Å².